The molecule has 0 aliphatic heterocycles. The van der Waals surface area contributed by atoms with Gasteiger partial charge in [0.05, 0.1) is 23.0 Å². The summed E-state index contributed by atoms with van der Waals surface area (Å²) in [7, 11) is 1.74. The molecule has 0 radical (unpaired) electrons. The van der Waals surface area contributed by atoms with E-state index in [2.05, 4.69) is 9.97 Å². The molecule has 13 heteroatoms. The van der Waals surface area contributed by atoms with Crippen molar-refractivity contribution in [3.05, 3.63) is 104 Å². The predicted octanol–water partition coefficient (Wildman–Crippen LogP) is 6.17. The van der Waals surface area contributed by atoms with Gasteiger partial charge in [-0.05, 0) is 50.2 Å². The van der Waals surface area contributed by atoms with E-state index in [4.69, 9.17) is 26.8 Å². The summed E-state index contributed by atoms with van der Waals surface area (Å²) in [5.74, 6) is 0.690. The van der Waals surface area contributed by atoms with Crippen LogP contribution < -0.4 is 20.8 Å². The molecule has 0 saturated heterocycles. The number of halogens is 4. The molecule has 0 fully saturated rings. The lowest BCUT2D eigenvalue weighted by Gasteiger charge is -2.17. The van der Waals surface area contributed by atoms with E-state index in [1.165, 1.54) is 6.20 Å². The van der Waals surface area contributed by atoms with E-state index in [-0.39, 0.29) is 19.0 Å². The Hall–Kier alpha value is -4.84. The van der Waals surface area contributed by atoms with Crippen molar-refractivity contribution in [2.75, 3.05) is 0 Å². The molecule has 43 heavy (non-hydrogen) atoms. The highest BCUT2D eigenvalue weighted by Crippen LogP contribution is 2.36. The third kappa shape index (κ3) is 6.05. The highest BCUT2D eigenvalue weighted by atomic mass is 35.5. The number of para-hydroxylation sites is 1. The first-order valence-electron chi connectivity index (χ1n) is 12.9. The van der Waals surface area contributed by atoms with Crippen LogP contribution in [0.3, 0.4) is 0 Å². The van der Waals surface area contributed by atoms with Gasteiger partial charge < -0.3 is 24.3 Å². The zero-order chi connectivity index (χ0) is 31.1. The van der Waals surface area contributed by atoms with Crippen LogP contribution in [0.5, 0.6) is 11.6 Å². The number of hydrogen-bond acceptors (Lipinski definition) is 6. The number of hydrogen-bond donors (Lipinski definition) is 1. The number of carbonyl (C=O) groups is 1. The fourth-order valence-corrected chi connectivity index (χ4v) is 5.16. The highest BCUT2D eigenvalue weighted by molar-refractivity contribution is 6.31. The van der Waals surface area contributed by atoms with Crippen LogP contribution in [0.15, 0.2) is 65.6 Å². The molecule has 0 aliphatic carbocycles. The van der Waals surface area contributed by atoms with Crippen molar-refractivity contribution in [1.29, 1.82) is 0 Å². The van der Waals surface area contributed by atoms with Crippen molar-refractivity contribution in [2.45, 2.75) is 33.2 Å². The van der Waals surface area contributed by atoms with E-state index in [0.717, 1.165) is 33.3 Å². The van der Waals surface area contributed by atoms with Crippen molar-refractivity contribution in [1.82, 2.24) is 19.1 Å². The van der Waals surface area contributed by atoms with Gasteiger partial charge in [-0.1, -0.05) is 23.7 Å². The average Bonchev–Trinajstić information content (AvgIpc) is 3.27. The monoisotopic (exact) mass is 611 g/mol. The smallest absolute Gasteiger partial charge is 0.421 e. The summed E-state index contributed by atoms with van der Waals surface area (Å²) in [5, 5.41) is 1.04. The number of nitrogens with two attached hydrogens (primary N) is 1. The summed E-state index contributed by atoms with van der Waals surface area (Å²) in [4.78, 5) is 33.0. The van der Waals surface area contributed by atoms with Gasteiger partial charge in [0.15, 0.2) is 0 Å². The van der Waals surface area contributed by atoms with Gasteiger partial charge in [-0.25, -0.2) is 9.78 Å². The highest BCUT2D eigenvalue weighted by Gasteiger charge is 2.34. The fourth-order valence-electron chi connectivity index (χ4n) is 4.84. The van der Waals surface area contributed by atoms with Gasteiger partial charge in [0.25, 0.3) is 5.56 Å². The van der Waals surface area contributed by atoms with E-state index in [9.17, 15) is 22.8 Å². The quantitative estimate of drug-likeness (QED) is 0.235. The van der Waals surface area contributed by atoms with Crippen LogP contribution in [0, 0.1) is 13.8 Å². The number of fused-ring (bicyclic) bond motifs is 1. The molecule has 2 N–H and O–H groups in total. The Bertz CT molecular complexity index is 1930. The van der Waals surface area contributed by atoms with Crippen LogP contribution in [0.1, 0.15) is 28.2 Å². The number of benzene rings is 1. The summed E-state index contributed by atoms with van der Waals surface area (Å²) >= 11 is 6.56. The topological polar surface area (TPSA) is 114 Å². The molecule has 1 amide bonds. The largest absolute Gasteiger partial charge is 0.486 e. The molecule has 0 saturated carbocycles. The van der Waals surface area contributed by atoms with Gasteiger partial charge >= 0.3 is 12.3 Å². The van der Waals surface area contributed by atoms with Crippen LogP contribution in [0.2, 0.25) is 5.02 Å². The molecule has 5 rings (SSSR count). The van der Waals surface area contributed by atoms with Gasteiger partial charge in [-0.15, -0.1) is 0 Å². The molecule has 0 spiro atoms. The number of pyridine rings is 3. The average molecular weight is 612 g/mol. The summed E-state index contributed by atoms with van der Waals surface area (Å²) in [5.41, 5.74) is 6.73. The number of carbonyl (C=O) groups excluding carboxylic acids is 1. The van der Waals surface area contributed by atoms with Crippen molar-refractivity contribution in [2.24, 2.45) is 12.8 Å². The number of aromatic nitrogens is 4. The predicted molar refractivity (Wildman–Crippen MR) is 154 cm³/mol. The number of alkyl halides is 3. The number of ether oxygens (including phenoxy) is 2. The zero-order valence-corrected chi connectivity index (χ0v) is 24.0. The molecule has 4 heterocycles. The molecular formula is C30H25ClF3N5O4. The molecule has 0 bridgehead atoms. The summed E-state index contributed by atoms with van der Waals surface area (Å²) < 4.78 is 53.9. The van der Waals surface area contributed by atoms with Crippen LogP contribution in [-0.4, -0.2) is 25.2 Å². The van der Waals surface area contributed by atoms with Gasteiger partial charge in [0.1, 0.15) is 23.4 Å². The zero-order valence-electron chi connectivity index (χ0n) is 23.2. The Morgan fingerprint density at radius 2 is 1.79 bits per heavy atom. The van der Waals surface area contributed by atoms with E-state index in [1.807, 2.05) is 19.1 Å². The van der Waals surface area contributed by atoms with Crippen molar-refractivity contribution < 1.29 is 27.4 Å². The molecule has 0 atom stereocenters. The first kappa shape index (κ1) is 29.6. The van der Waals surface area contributed by atoms with Crippen LogP contribution in [0.4, 0.5) is 18.0 Å². The second-order valence-corrected chi connectivity index (χ2v) is 10.2. The summed E-state index contributed by atoms with van der Waals surface area (Å²) in [6.07, 6.45) is -4.46. The SMILES string of the molecule is Cc1cc(Cl)c(COc2cccc3c(-c4ccc(OC(N)=O)n4C)cc(C)nc23)c(Cn2cccc(C(F)(F)F)c2=O)n1. The minimum absolute atomic E-state index is 0.0972. The van der Waals surface area contributed by atoms with Crippen LogP contribution in [-0.2, 0) is 26.4 Å². The van der Waals surface area contributed by atoms with Gasteiger partial charge in [0.2, 0.25) is 5.88 Å². The van der Waals surface area contributed by atoms with Gasteiger partial charge in [0, 0.05) is 47.2 Å². The first-order chi connectivity index (χ1) is 20.3. The van der Waals surface area contributed by atoms with Gasteiger partial charge in [-0.2, -0.15) is 13.2 Å². The summed E-state index contributed by atoms with van der Waals surface area (Å²) in [6, 6.07) is 14.2. The van der Waals surface area contributed by atoms with E-state index in [0.29, 0.717) is 38.9 Å². The minimum Gasteiger partial charge on any atom is -0.486 e. The Morgan fingerprint density at radius 3 is 2.51 bits per heavy atom. The Labute approximate surface area is 248 Å². The second-order valence-electron chi connectivity index (χ2n) is 9.81. The molecule has 5 aromatic rings. The lowest BCUT2D eigenvalue weighted by molar-refractivity contribution is -0.138. The first-order valence-corrected chi connectivity index (χ1v) is 13.3. The van der Waals surface area contributed by atoms with Gasteiger partial charge in [-0.3, -0.25) is 9.78 Å². The minimum atomic E-state index is -4.79. The maximum atomic E-state index is 13.3. The standard InChI is InChI=1S/C30H25ClF3N5O4/c1-16-12-19(24-9-10-26(38(24)3)43-29(35)41)18-6-4-8-25(27(18)37-16)42-15-20-22(31)13-17(2)36-23(20)14-39-11-5-7-21(28(39)40)30(32,33)34/h4-13H,14-15H2,1-3H3,(H2,35,41). The number of nitrogens with zero attached hydrogens (tertiary/aromatic N) is 4. The number of amides is 1. The Balaban J connectivity index is 1.51. The second kappa shape index (κ2) is 11.4. The summed E-state index contributed by atoms with van der Waals surface area (Å²) in [6.45, 7) is 3.18. The van der Waals surface area contributed by atoms with Crippen molar-refractivity contribution in [3.63, 3.8) is 0 Å². The maximum absolute atomic E-state index is 13.3. The third-order valence-corrected chi connectivity index (χ3v) is 7.13. The number of primary amides is 1. The lowest BCUT2D eigenvalue weighted by atomic mass is 10.0. The lowest BCUT2D eigenvalue weighted by Crippen LogP contribution is -2.29. The Kier molecular flexibility index (Phi) is 7.89. The Morgan fingerprint density at radius 1 is 1.05 bits per heavy atom. The third-order valence-electron chi connectivity index (χ3n) is 6.79. The molecule has 4 aromatic heterocycles. The molecule has 1 aromatic carbocycles. The van der Waals surface area contributed by atoms with Crippen molar-refractivity contribution >= 4 is 28.6 Å². The molecule has 0 aliphatic rings. The molecule has 222 valence electrons. The number of rotatable bonds is 7. The number of aryl methyl sites for hydroxylation is 2. The van der Waals surface area contributed by atoms with E-state index < -0.39 is 23.4 Å². The molecule has 0 unspecified atom stereocenters. The molecule has 9 nitrogen and oxygen atoms in total. The van der Waals surface area contributed by atoms with E-state index >= 15 is 0 Å². The maximum Gasteiger partial charge on any atom is 0.421 e. The van der Waals surface area contributed by atoms with Crippen LogP contribution in [0.25, 0.3) is 22.2 Å². The normalized spacial score (nSPS) is 11.6. The fraction of sp³-hybridized carbons (Fsp3) is 0.200. The van der Waals surface area contributed by atoms with Crippen LogP contribution >= 0.6 is 11.6 Å². The molecular weight excluding hydrogens is 587 g/mol. The van der Waals surface area contributed by atoms with E-state index in [1.54, 1.807) is 48.9 Å². The van der Waals surface area contributed by atoms with Crippen molar-refractivity contribution in [3.8, 4) is 22.9 Å².